The molecule has 0 bridgehead atoms. The molecule has 0 radical (unpaired) electrons. The Labute approximate surface area is 82.3 Å². The molecule has 0 saturated heterocycles. The minimum atomic E-state index is -1.05. The molecule has 2 atom stereocenters. The fourth-order valence-electron chi connectivity index (χ4n) is 1.25. The Kier molecular flexibility index (Phi) is 3.62. The summed E-state index contributed by atoms with van der Waals surface area (Å²) < 4.78 is 4.80. The van der Waals surface area contributed by atoms with E-state index in [1.54, 1.807) is 12.1 Å². The standard InChI is InChI=1S/C10H13NO3/c1-14-9(10(12)13)8(11)7-5-3-2-4-6-7/h2-6,8-9H,11H2,1H3,(H,12,13)/t8-,9+/m0/s1. The lowest BCUT2D eigenvalue weighted by atomic mass is 10.0. The van der Waals surface area contributed by atoms with Crippen LogP contribution in [-0.2, 0) is 9.53 Å². The van der Waals surface area contributed by atoms with Crippen molar-refractivity contribution in [2.75, 3.05) is 7.11 Å². The molecule has 1 aromatic rings. The van der Waals surface area contributed by atoms with E-state index in [-0.39, 0.29) is 0 Å². The second-order valence-corrected chi connectivity index (χ2v) is 2.93. The Hall–Kier alpha value is -1.39. The summed E-state index contributed by atoms with van der Waals surface area (Å²) in [5, 5.41) is 8.80. The van der Waals surface area contributed by atoms with Crippen molar-refractivity contribution in [3.05, 3.63) is 35.9 Å². The first-order valence-electron chi connectivity index (χ1n) is 4.23. The molecule has 1 aromatic carbocycles. The van der Waals surface area contributed by atoms with Gasteiger partial charge in [-0.25, -0.2) is 4.79 Å². The van der Waals surface area contributed by atoms with Crippen molar-refractivity contribution in [1.29, 1.82) is 0 Å². The van der Waals surface area contributed by atoms with E-state index in [1.807, 2.05) is 18.2 Å². The Bertz CT molecular complexity index is 299. The Morgan fingerprint density at radius 3 is 2.43 bits per heavy atom. The highest BCUT2D eigenvalue weighted by Crippen LogP contribution is 2.15. The predicted molar refractivity (Wildman–Crippen MR) is 51.8 cm³/mol. The summed E-state index contributed by atoms with van der Waals surface area (Å²) in [6, 6.07) is 8.38. The minimum absolute atomic E-state index is 0.640. The van der Waals surface area contributed by atoms with Crippen LogP contribution in [0.5, 0.6) is 0 Å². The predicted octanol–water partition coefficient (Wildman–Crippen LogP) is 0.786. The average molecular weight is 195 g/mol. The van der Waals surface area contributed by atoms with Gasteiger partial charge in [-0.2, -0.15) is 0 Å². The molecule has 0 amide bonds. The normalized spacial score (nSPS) is 14.7. The molecular formula is C10H13NO3. The lowest BCUT2D eigenvalue weighted by Crippen LogP contribution is -2.34. The smallest absolute Gasteiger partial charge is 0.334 e. The van der Waals surface area contributed by atoms with Crippen molar-refractivity contribution in [3.63, 3.8) is 0 Å². The molecular weight excluding hydrogens is 182 g/mol. The van der Waals surface area contributed by atoms with E-state index in [0.29, 0.717) is 0 Å². The number of benzene rings is 1. The molecule has 0 aliphatic heterocycles. The third-order valence-corrected chi connectivity index (χ3v) is 2.01. The molecule has 0 aromatic heterocycles. The first-order valence-corrected chi connectivity index (χ1v) is 4.23. The number of nitrogens with two attached hydrogens (primary N) is 1. The van der Waals surface area contributed by atoms with Crippen molar-refractivity contribution in [2.45, 2.75) is 12.1 Å². The first kappa shape index (κ1) is 10.7. The summed E-state index contributed by atoms with van der Waals surface area (Å²) in [6.07, 6.45) is -1.00. The van der Waals surface area contributed by atoms with Crippen molar-refractivity contribution < 1.29 is 14.6 Å². The van der Waals surface area contributed by atoms with Gasteiger partial charge in [-0.1, -0.05) is 30.3 Å². The van der Waals surface area contributed by atoms with Gasteiger partial charge in [0.15, 0.2) is 6.10 Å². The summed E-state index contributed by atoms with van der Waals surface area (Å²) in [5.74, 6) is -1.05. The van der Waals surface area contributed by atoms with E-state index in [9.17, 15) is 4.79 Å². The van der Waals surface area contributed by atoms with E-state index in [2.05, 4.69) is 0 Å². The molecule has 0 saturated carbocycles. The van der Waals surface area contributed by atoms with Gasteiger partial charge >= 0.3 is 5.97 Å². The molecule has 0 fully saturated rings. The third kappa shape index (κ3) is 2.31. The monoisotopic (exact) mass is 195 g/mol. The van der Waals surface area contributed by atoms with E-state index in [4.69, 9.17) is 15.6 Å². The van der Waals surface area contributed by atoms with Crippen LogP contribution < -0.4 is 5.73 Å². The van der Waals surface area contributed by atoms with Gasteiger partial charge in [0.2, 0.25) is 0 Å². The number of carboxylic acids is 1. The van der Waals surface area contributed by atoms with Gasteiger partial charge in [-0.3, -0.25) is 0 Å². The van der Waals surface area contributed by atoms with Crippen LogP contribution in [0.3, 0.4) is 0 Å². The van der Waals surface area contributed by atoms with E-state index < -0.39 is 18.1 Å². The number of hydrogen-bond acceptors (Lipinski definition) is 3. The number of ether oxygens (including phenoxy) is 1. The van der Waals surface area contributed by atoms with Gasteiger partial charge in [0, 0.05) is 7.11 Å². The van der Waals surface area contributed by atoms with Crippen LogP contribution in [-0.4, -0.2) is 24.3 Å². The van der Waals surface area contributed by atoms with Crippen LogP contribution in [0.4, 0.5) is 0 Å². The van der Waals surface area contributed by atoms with Gasteiger partial charge in [0.1, 0.15) is 0 Å². The number of methoxy groups -OCH3 is 1. The van der Waals surface area contributed by atoms with Crippen molar-refractivity contribution in [1.82, 2.24) is 0 Å². The van der Waals surface area contributed by atoms with Crippen molar-refractivity contribution >= 4 is 5.97 Å². The highest BCUT2D eigenvalue weighted by atomic mass is 16.5. The highest BCUT2D eigenvalue weighted by Gasteiger charge is 2.25. The van der Waals surface area contributed by atoms with Crippen LogP contribution >= 0.6 is 0 Å². The second kappa shape index (κ2) is 4.74. The van der Waals surface area contributed by atoms with E-state index in [0.717, 1.165) is 5.56 Å². The molecule has 4 heteroatoms. The van der Waals surface area contributed by atoms with Gasteiger partial charge < -0.3 is 15.6 Å². The van der Waals surface area contributed by atoms with Gasteiger partial charge in [0.25, 0.3) is 0 Å². The fourth-order valence-corrected chi connectivity index (χ4v) is 1.25. The average Bonchev–Trinajstić information content (AvgIpc) is 2.19. The maximum absolute atomic E-state index is 10.7. The zero-order valence-electron chi connectivity index (χ0n) is 7.88. The van der Waals surface area contributed by atoms with Crippen LogP contribution in [0.1, 0.15) is 11.6 Å². The summed E-state index contributed by atoms with van der Waals surface area (Å²) in [5.41, 5.74) is 6.50. The molecule has 3 N–H and O–H groups in total. The van der Waals surface area contributed by atoms with E-state index >= 15 is 0 Å². The quantitative estimate of drug-likeness (QED) is 0.744. The van der Waals surface area contributed by atoms with Crippen LogP contribution in [0.25, 0.3) is 0 Å². The van der Waals surface area contributed by atoms with Gasteiger partial charge in [-0.15, -0.1) is 0 Å². The molecule has 0 aliphatic carbocycles. The summed E-state index contributed by atoms with van der Waals surface area (Å²) in [6.45, 7) is 0. The largest absolute Gasteiger partial charge is 0.479 e. The van der Waals surface area contributed by atoms with E-state index in [1.165, 1.54) is 7.11 Å². The van der Waals surface area contributed by atoms with Crippen LogP contribution in [0.15, 0.2) is 30.3 Å². The maximum atomic E-state index is 10.7. The van der Waals surface area contributed by atoms with Gasteiger partial charge in [-0.05, 0) is 5.56 Å². The summed E-state index contributed by atoms with van der Waals surface area (Å²) in [7, 11) is 1.33. The van der Waals surface area contributed by atoms with Crippen LogP contribution in [0, 0.1) is 0 Å². The van der Waals surface area contributed by atoms with Crippen LogP contribution in [0.2, 0.25) is 0 Å². The molecule has 0 aliphatic rings. The minimum Gasteiger partial charge on any atom is -0.479 e. The zero-order chi connectivity index (χ0) is 10.6. The fraction of sp³-hybridized carbons (Fsp3) is 0.300. The third-order valence-electron chi connectivity index (χ3n) is 2.01. The molecule has 76 valence electrons. The first-order chi connectivity index (χ1) is 6.66. The number of carbonyl (C=O) groups is 1. The maximum Gasteiger partial charge on any atom is 0.334 e. The van der Waals surface area contributed by atoms with Gasteiger partial charge in [0.05, 0.1) is 6.04 Å². The molecule has 0 unspecified atom stereocenters. The topological polar surface area (TPSA) is 72.5 Å². The lowest BCUT2D eigenvalue weighted by molar-refractivity contribution is -0.149. The van der Waals surface area contributed by atoms with Crippen molar-refractivity contribution in [2.24, 2.45) is 5.73 Å². The number of aliphatic carboxylic acids is 1. The molecule has 4 nitrogen and oxygen atoms in total. The summed E-state index contributed by atoms with van der Waals surface area (Å²) in [4.78, 5) is 10.7. The lowest BCUT2D eigenvalue weighted by Gasteiger charge is -2.18. The highest BCUT2D eigenvalue weighted by molar-refractivity contribution is 5.73. The van der Waals surface area contributed by atoms with Crippen molar-refractivity contribution in [3.8, 4) is 0 Å². The number of carboxylic acid groups (broad SMARTS) is 1. The second-order valence-electron chi connectivity index (χ2n) is 2.93. The molecule has 1 rings (SSSR count). The molecule has 0 spiro atoms. The molecule has 14 heavy (non-hydrogen) atoms. The number of rotatable bonds is 4. The Balaban J connectivity index is 2.83. The Morgan fingerprint density at radius 2 is 2.00 bits per heavy atom. The summed E-state index contributed by atoms with van der Waals surface area (Å²) >= 11 is 0. The SMILES string of the molecule is CO[C@@H](C(=O)O)[C@@H](N)c1ccccc1. The zero-order valence-corrected chi connectivity index (χ0v) is 7.88. The molecule has 0 heterocycles. The number of hydrogen-bond donors (Lipinski definition) is 2. The Morgan fingerprint density at radius 1 is 1.43 bits per heavy atom.